The third kappa shape index (κ3) is 4.86. The molecule has 3 heterocycles. The van der Waals surface area contributed by atoms with E-state index in [2.05, 4.69) is 25.6 Å². The molecule has 0 bridgehead atoms. The zero-order chi connectivity index (χ0) is 25.2. The molecule has 1 aliphatic rings. The number of benzene rings is 2. The molecule has 10 heteroatoms. The van der Waals surface area contributed by atoms with Gasteiger partial charge in [-0.3, -0.25) is 4.90 Å². The van der Waals surface area contributed by atoms with Gasteiger partial charge in [0.2, 0.25) is 0 Å². The van der Waals surface area contributed by atoms with E-state index in [1.54, 1.807) is 16.6 Å². The summed E-state index contributed by atoms with van der Waals surface area (Å²) in [6, 6.07) is 11.9. The smallest absolute Gasteiger partial charge is 0.323 e. The number of morpholine rings is 1. The van der Waals surface area contributed by atoms with Crippen molar-refractivity contribution >= 4 is 28.7 Å². The number of aryl methyl sites for hydroxylation is 2. The van der Waals surface area contributed by atoms with Crippen molar-refractivity contribution in [2.45, 2.75) is 20.4 Å². The number of hydrogen-bond donors (Lipinski definition) is 3. The van der Waals surface area contributed by atoms with Gasteiger partial charge in [-0.05, 0) is 60.9 Å². The van der Waals surface area contributed by atoms with Crippen LogP contribution in [-0.4, -0.2) is 51.8 Å². The Morgan fingerprint density at radius 3 is 2.69 bits per heavy atom. The molecule has 2 amide bonds. The lowest BCUT2D eigenvalue weighted by Crippen LogP contribution is -2.36. The van der Waals surface area contributed by atoms with E-state index in [-0.39, 0.29) is 5.69 Å². The minimum Gasteiger partial charge on any atom is -0.382 e. The first kappa shape index (κ1) is 23.7. The van der Waals surface area contributed by atoms with Crippen LogP contribution in [0.25, 0.3) is 16.6 Å². The standard InChI is InChI=1S/C26H28FN7O2/c1-16-4-3-5-18(10-16)31-26(35)32-23-11-17(2)20(13-22(23)27)21-12-19(14-33-6-8-36-9-7-33)34-24(21)25(28)29-15-30-34/h3-5,10-13,15H,6-9,14H2,1-2H3,(H2,28,29,30)(H2,31,32,35). The van der Waals surface area contributed by atoms with Crippen LogP contribution in [0.2, 0.25) is 0 Å². The van der Waals surface area contributed by atoms with Crippen molar-refractivity contribution in [1.82, 2.24) is 19.5 Å². The van der Waals surface area contributed by atoms with Gasteiger partial charge in [0.25, 0.3) is 0 Å². The molecule has 0 aliphatic carbocycles. The Labute approximate surface area is 208 Å². The fraction of sp³-hybridized carbons (Fsp3) is 0.269. The number of ether oxygens (including phenoxy) is 1. The number of carbonyl (C=O) groups is 1. The number of rotatable bonds is 5. The second-order valence-electron chi connectivity index (χ2n) is 8.94. The predicted molar refractivity (Wildman–Crippen MR) is 137 cm³/mol. The number of nitrogens with one attached hydrogen (secondary N) is 2. The summed E-state index contributed by atoms with van der Waals surface area (Å²) in [6.07, 6.45) is 1.42. The number of nitrogen functional groups attached to an aromatic ring is 1. The molecule has 9 nitrogen and oxygen atoms in total. The molecule has 0 unspecified atom stereocenters. The van der Waals surface area contributed by atoms with E-state index in [0.29, 0.717) is 42.3 Å². The topological polar surface area (TPSA) is 110 Å². The van der Waals surface area contributed by atoms with E-state index in [0.717, 1.165) is 35.5 Å². The molecule has 5 rings (SSSR count). The number of amides is 2. The van der Waals surface area contributed by atoms with Gasteiger partial charge in [-0.2, -0.15) is 5.10 Å². The van der Waals surface area contributed by atoms with Crippen molar-refractivity contribution in [3.8, 4) is 11.1 Å². The van der Waals surface area contributed by atoms with Crippen molar-refractivity contribution in [3.05, 3.63) is 71.4 Å². The third-order valence-corrected chi connectivity index (χ3v) is 6.27. The van der Waals surface area contributed by atoms with Crippen molar-refractivity contribution in [2.75, 3.05) is 42.7 Å². The van der Waals surface area contributed by atoms with Gasteiger partial charge < -0.3 is 21.1 Å². The van der Waals surface area contributed by atoms with Crippen LogP contribution in [0.15, 0.2) is 48.8 Å². The molecule has 2 aromatic heterocycles. The summed E-state index contributed by atoms with van der Waals surface area (Å²) in [5.41, 5.74) is 11.7. The van der Waals surface area contributed by atoms with Crippen LogP contribution in [0.5, 0.6) is 0 Å². The van der Waals surface area contributed by atoms with Crippen molar-refractivity contribution in [3.63, 3.8) is 0 Å². The Bertz CT molecular complexity index is 1430. The Morgan fingerprint density at radius 1 is 1.11 bits per heavy atom. The van der Waals surface area contributed by atoms with Gasteiger partial charge >= 0.3 is 6.03 Å². The summed E-state index contributed by atoms with van der Waals surface area (Å²) in [5, 5.41) is 9.76. The average molecular weight is 490 g/mol. The zero-order valence-corrected chi connectivity index (χ0v) is 20.2. The molecule has 1 saturated heterocycles. The van der Waals surface area contributed by atoms with Gasteiger partial charge in [0, 0.05) is 30.9 Å². The predicted octanol–water partition coefficient (Wildman–Crippen LogP) is 4.21. The average Bonchev–Trinajstić information content (AvgIpc) is 3.21. The highest BCUT2D eigenvalue weighted by molar-refractivity contribution is 6.00. The Kier molecular flexibility index (Phi) is 6.53. The number of halogens is 1. The lowest BCUT2D eigenvalue weighted by molar-refractivity contribution is 0.0334. The highest BCUT2D eigenvalue weighted by atomic mass is 19.1. The van der Waals surface area contributed by atoms with Gasteiger partial charge in [0.05, 0.1) is 24.6 Å². The molecule has 1 aliphatic heterocycles. The summed E-state index contributed by atoms with van der Waals surface area (Å²) < 4.78 is 22.4. The van der Waals surface area contributed by atoms with Crippen LogP contribution in [0.1, 0.15) is 16.8 Å². The molecular weight excluding hydrogens is 461 g/mol. The molecular formula is C26H28FN7O2. The third-order valence-electron chi connectivity index (χ3n) is 6.27. The quantitative estimate of drug-likeness (QED) is 0.387. The number of aromatic nitrogens is 3. The fourth-order valence-electron chi connectivity index (χ4n) is 4.51. The van der Waals surface area contributed by atoms with Gasteiger partial charge in [-0.15, -0.1) is 0 Å². The minimum atomic E-state index is -0.556. The van der Waals surface area contributed by atoms with E-state index in [1.165, 1.54) is 12.4 Å². The number of anilines is 3. The molecule has 1 fully saturated rings. The van der Waals surface area contributed by atoms with Gasteiger partial charge in [-0.1, -0.05) is 12.1 Å². The molecule has 0 spiro atoms. The summed E-state index contributed by atoms with van der Waals surface area (Å²) in [6.45, 7) is 7.46. The normalized spacial score (nSPS) is 14.2. The van der Waals surface area contributed by atoms with E-state index in [4.69, 9.17) is 10.5 Å². The summed E-state index contributed by atoms with van der Waals surface area (Å²) >= 11 is 0. The SMILES string of the molecule is Cc1cccc(NC(=O)Nc2cc(C)c(-c3cc(CN4CCOCC4)n4ncnc(N)c34)cc2F)c1. The number of nitrogens with zero attached hydrogens (tertiary/aromatic N) is 4. The first-order valence-electron chi connectivity index (χ1n) is 11.8. The van der Waals surface area contributed by atoms with Crippen LogP contribution < -0.4 is 16.4 Å². The van der Waals surface area contributed by atoms with Crippen molar-refractivity contribution in [1.29, 1.82) is 0 Å². The summed E-state index contributed by atoms with van der Waals surface area (Å²) in [4.78, 5) is 18.9. The maximum atomic E-state index is 15.2. The number of hydrogen-bond acceptors (Lipinski definition) is 6. The van der Waals surface area contributed by atoms with Crippen LogP contribution in [-0.2, 0) is 11.3 Å². The highest BCUT2D eigenvalue weighted by Gasteiger charge is 2.21. The molecule has 0 atom stereocenters. The molecule has 186 valence electrons. The van der Waals surface area contributed by atoms with E-state index >= 15 is 4.39 Å². The fourth-order valence-corrected chi connectivity index (χ4v) is 4.51. The molecule has 4 aromatic rings. The molecule has 4 N–H and O–H groups in total. The summed E-state index contributed by atoms with van der Waals surface area (Å²) in [7, 11) is 0. The van der Waals surface area contributed by atoms with Gasteiger partial charge in [0.15, 0.2) is 5.82 Å². The van der Waals surface area contributed by atoms with Crippen molar-refractivity contribution in [2.24, 2.45) is 0 Å². The molecule has 0 radical (unpaired) electrons. The van der Waals surface area contributed by atoms with E-state index in [1.807, 2.05) is 38.1 Å². The van der Waals surface area contributed by atoms with Crippen LogP contribution in [0.3, 0.4) is 0 Å². The minimum absolute atomic E-state index is 0.0858. The number of fused-ring (bicyclic) bond motifs is 1. The zero-order valence-electron chi connectivity index (χ0n) is 20.2. The molecule has 36 heavy (non-hydrogen) atoms. The van der Waals surface area contributed by atoms with Gasteiger partial charge in [-0.25, -0.2) is 18.7 Å². The van der Waals surface area contributed by atoms with E-state index in [9.17, 15) is 4.79 Å². The Morgan fingerprint density at radius 2 is 1.92 bits per heavy atom. The molecule has 0 saturated carbocycles. The number of urea groups is 1. The Balaban J connectivity index is 1.45. The monoisotopic (exact) mass is 489 g/mol. The number of carbonyl (C=O) groups excluding carboxylic acids is 1. The van der Waals surface area contributed by atoms with E-state index < -0.39 is 11.8 Å². The second kappa shape index (κ2) is 9.92. The van der Waals surface area contributed by atoms with Crippen LogP contribution in [0, 0.1) is 19.7 Å². The highest BCUT2D eigenvalue weighted by Crippen LogP contribution is 2.35. The van der Waals surface area contributed by atoms with Crippen molar-refractivity contribution < 1.29 is 13.9 Å². The maximum absolute atomic E-state index is 15.2. The molecule has 2 aromatic carbocycles. The largest absolute Gasteiger partial charge is 0.382 e. The van der Waals surface area contributed by atoms with Crippen LogP contribution >= 0.6 is 0 Å². The first-order chi connectivity index (χ1) is 17.4. The van der Waals surface area contributed by atoms with Gasteiger partial charge in [0.1, 0.15) is 17.7 Å². The first-order valence-corrected chi connectivity index (χ1v) is 11.8. The van der Waals surface area contributed by atoms with Crippen LogP contribution in [0.4, 0.5) is 26.4 Å². The number of nitrogens with two attached hydrogens (primary N) is 1. The Hall–Kier alpha value is -4.02. The second-order valence-corrected chi connectivity index (χ2v) is 8.94. The lowest BCUT2D eigenvalue weighted by Gasteiger charge is -2.26. The maximum Gasteiger partial charge on any atom is 0.323 e. The lowest BCUT2D eigenvalue weighted by atomic mass is 10.00. The summed E-state index contributed by atoms with van der Waals surface area (Å²) in [5.74, 6) is -0.243.